The van der Waals surface area contributed by atoms with E-state index in [2.05, 4.69) is 0 Å². The SMILES string of the molecule is CC(C)C1CCCC(O)(C(F)F)C1. The lowest BCUT2D eigenvalue weighted by atomic mass is 9.74. The third-order valence-electron chi connectivity index (χ3n) is 3.15. The molecule has 1 nitrogen and oxygen atoms in total. The van der Waals surface area contributed by atoms with Crippen LogP contribution in [0.15, 0.2) is 0 Å². The van der Waals surface area contributed by atoms with Crippen LogP contribution in [0, 0.1) is 11.8 Å². The predicted octanol–water partition coefficient (Wildman–Crippen LogP) is 2.83. The third kappa shape index (κ3) is 2.39. The predicted molar refractivity (Wildman–Crippen MR) is 47.7 cm³/mol. The fraction of sp³-hybridized carbons (Fsp3) is 1.00. The Hall–Kier alpha value is -0.180. The van der Waals surface area contributed by atoms with Crippen molar-refractivity contribution in [3.8, 4) is 0 Å². The van der Waals surface area contributed by atoms with Gasteiger partial charge in [-0.2, -0.15) is 0 Å². The van der Waals surface area contributed by atoms with Crippen molar-refractivity contribution in [2.24, 2.45) is 11.8 Å². The van der Waals surface area contributed by atoms with E-state index in [1.54, 1.807) is 0 Å². The van der Waals surface area contributed by atoms with Gasteiger partial charge in [0, 0.05) is 0 Å². The minimum atomic E-state index is -2.59. The number of hydrogen-bond donors (Lipinski definition) is 1. The molecule has 0 heterocycles. The topological polar surface area (TPSA) is 20.2 Å². The van der Waals surface area contributed by atoms with Crippen molar-refractivity contribution in [3.63, 3.8) is 0 Å². The van der Waals surface area contributed by atoms with Crippen LogP contribution in [-0.2, 0) is 0 Å². The molecule has 0 aromatic rings. The highest BCUT2D eigenvalue weighted by molar-refractivity contribution is 4.89. The van der Waals surface area contributed by atoms with Crippen LogP contribution in [0.1, 0.15) is 39.5 Å². The molecule has 1 N–H and O–H groups in total. The first kappa shape index (κ1) is 10.9. The summed E-state index contributed by atoms with van der Waals surface area (Å²) < 4.78 is 25.0. The summed E-state index contributed by atoms with van der Waals surface area (Å²) >= 11 is 0. The van der Waals surface area contributed by atoms with Crippen molar-refractivity contribution in [2.45, 2.75) is 51.6 Å². The molecule has 1 aliphatic rings. The Labute approximate surface area is 78.1 Å². The van der Waals surface area contributed by atoms with Crippen molar-refractivity contribution >= 4 is 0 Å². The van der Waals surface area contributed by atoms with Crippen molar-refractivity contribution in [3.05, 3.63) is 0 Å². The van der Waals surface area contributed by atoms with Gasteiger partial charge in [0.25, 0.3) is 6.43 Å². The number of rotatable bonds is 2. The number of hydrogen-bond acceptors (Lipinski definition) is 1. The molecular weight excluding hydrogens is 174 g/mol. The van der Waals surface area contributed by atoms with E-state index in [0.717, 1.165) is 12.8 Å². The van der Waals surface area contributed by atoms with Gasteiger partial charge in [-0.3, -0.25) is 0 Å². The second-order valence-corrected chi connectivity index (χ2v) is 4.50. The molecular formula is C10H18F2O. The van der Waals surface area contributed by atoms with Gasteiger partial charge in [0.2, 0.25) is 0 Å². The van der Waals surface area contributed by atoms with Crippen LogP contribution in [-0.4, -0.2) is 17.1 Å². The zero-order valence-electron chi connectivity index (χ0n) is 8.26. The smallest absolute Gasteiger partial charge is 0.266 e. The molecule has 0 aromatic heterocycles. The summed E-state index contributed by atoms with van der Waals surface area (Å²) in [5.74, 6) is 0.651. The Morgan fingerprint density at radius 2 is 2.00 bits per heavy atom. The Morgan fingerprint density at radius 1 is 1.38 bits per heavy atom. The zero-order valence-corrected chi connectivity index (χ0v) is 8.26. The van der Waals surface area contributed by atoms with Gasteiger partial charge in [0.15, 0.2) is 0 Å². The van der Waals surface area contributed by atoms with Gasteiger partial charge < -0.3 is 5.11 Å². The van der Waals surface area contributed by atoms with E-state index < -0.39 is 12.0 Å². The van der Waals surface area contributed by atoms with E-state index in [4.69, 9.17) is 0 Å². The monoisotopic (exact) mass is 192 g/mol. The summed E-state index contributed by atoms with van der Waals surface area (Å²) in [4.78, 5) is 0. The van der Waals surface area contributed by atoms with Crippen LogP contribution in [0.4, 0.5) is 8.78 Å². The normalized spacial score (nSPS) is 35.8. The van der Waals surface area contributed by atoms with Gasteiger partial charge in [0.05, 0.1) is 0 Å². The molecule has 13 heavy (non-hydrogen) atoms. The fourth-order valence-electron chi connectivity index (χ4n) is 2.10. The Balaban J connectivity index is 2.60. The van der Waals surface area contributed by atoms with Gasteiger partial charge in [-0.15, -0.1) is 0 Å². The first-order valence-corrected chi connectivity index (χ1v) is 4.96. The van der Waals surface area contributed by atoms with Gasteiger partial charge >= 0.3 is 0 Å². The highest BCUT2D eigenvalue weighted by Gasteiger charge is 2.42. The molecule has 1 aliphatic carbocycles. The first-order valence-electron chi connectivity index (χ1n) is 4.96. The maximum Gasteiger partial charge on any atom is 0.266 e. The summed E-state index contributed by atoms with van der Waals surface area (Å²) in [6.45, 7) is 4.06. The molecule has 3 heteroatoms. The number of halogens is 2. The average molecular weight is 192 g/mol. The lowest BCUT2D eigenvalue weighted by molar-refractivity contribution is -0.130. The molecule has 0 aliphatic heterocycles. The molecule has 0 saturated heterocycles. The van der Waals surface area contributed by atoms with Gasteiger partial charge in [-0.25, -0.2) is 8.78 Å². The van der Waals surface area contributed by atoms with E-state index in [1.807, 2.05) is 13.8 Å². The fourth-order valence-corrected chi connectivity index (χ4v) is 2.10. The van der Waals surface area contributed by atoms with E-state index >= 15 is 0 Å². The molecule has 0 radical (unpaired) electrons. The van der Waals surface area contributed by atoms with E-state index in [0.29, 0.717) is 5.92 Å². The Kier molecular flexibility index (Phi) is 3.28. The molecule has 2 unspecified atom stereocenters. The lowest BCUT2D eigenvalue weighted by Crippen LogP contribution is -2.43. The summed E-state index contributed by atoms with van der Waals surface area (Å²) in [6, 6.07) is 0. The summed E-state index contributed by atoms with van der Waals surface area (Å²) in [5.41, 5.74) is -1.70. The van der Waals surface area contributed by atoms with Crippen molar-refractivity contribution in [1.29, 1.82) is 0 Å². The molecule has 78 valence electrons. The number of alkyl halides is 2. The lowest BCUT2D eigenvalue weighted by Gasteiger charge is -2.37. The summed E-state index contributed by atoms with van der Waals surface area (Å²) in [5, 5.41) is 9.62. The van der Waals surface area contributed by atoms with Crippen LogP contribution < -0.4 is 0 Å². The molecule has 1 rings (SSSR count). The third-order valence-corrected chi connectivity index (χ3v) is 3.15. The number of aliphatic hydroxyl groups is 1. The molecule has 0 bridgehead atoms. The van der Waals surface area contributed by atoms with Crippen molar-refractivity contribution in [1.82, 2.24) is 0 Å². The molecule has 2 atom stereocenters. The molecule has 0 spiro atoms. The highest BCUT2D eigenvalue weighted by Crippen LogP contribution is 2.39. The van der Waals surface area contributed by atoms with Crippen LogP contribution in [0.5, 0.6) is 0 Å². The molecule has 1 fully saturated rings. The Bertz CT molecular complexity index is 170. The minimum Gasteiger partial charge on any atom is -0.384 e. The standard InChI is InChI=1S/C10H18F2O/c1-7(2)8-4-3-5-10(13,6-8)9(11)12/h7-9,13H,3-6H2,1-2H3. The maximum atomic E-state index is 12.5. The van der Waals surface area contributed by atoms with Crippen LogP contribution in [0.3, 0.4) is 0 Å². The van der Waals surface area contributed by atoms with Crippen molar-refractivity contribution < 1.29 is 13.9 Å². The van der Waals surface area contributed by atoms with E-state index in [1.165, 1.54) is 0 Å². The van der Waals surface area contributed by atoms with Crippen LogP contribution in [0.2, 0.25) is 0 Å². The zero-order chi connectivity index (χ0) is 10.1. The maximum absolute atomic E-state index is 12.5. The second kappa shape index (κ2) is 3.91. The molecule has 0 aromatic carbocycles. The summed E-state index contributed by atoms with van der Waals surface area (Å²) in [7, 11) is 0. The largest absolute Gasteiger partial charge is 0.384 e. The highest BCUT2D eigenvalue weighted by atomic mass is 19.3. The van der Waals surface area contributed by atoms with Crippen molar-refractivity contribution in [2.75, 3.05) is 0 Å². The average Bonchev–Trinajstić information content (AvgIpc) is 2.04. The van der Waals surface area contributed by atoms with Gasteiger partial charge in [-0.1, -0.05) is 20.3 Å². The first-order chi connectivity index (χ1) is 5.96. The molecule has 0 amide bonds. The van der Waals surface area contributed by atoms with Gasteiger partial charge in [-0.05, 0) is 31.1 Å². The van der Waals surface area contributed by atoms with Crippen LogP contribution in [0.25, 0.3) is 0 Å². The Morgan fingerprint density at radius 3 is 2.46 bits per heavy atom. The summed E-state index contributed by atoms with van der Waals surface area (Å²) in [6.07, 6.45) is -0.360. The van der Waals surface area contributed by atoms with Gasteiger partial charge in [0.1, 0.15) is 5.60 Å². The van der Waals surface area contributed by atoms with E-state index in [9.17, 15) is 13.9 Å². The van der Waals surface area contributed by atoms with E-state index in [-0.39, 0.29) is 18.8 Å². The second-order valence-electron chi connectivity index (χ2n) is 4.50. The quantitative estimate of drug-likeness (QED) is 0.713. The van der Waals surface area contributed by atoms with Crippen LogP contribution >= 0.6 is 0 Å². The minimum absolute atomic E-state index is 0.257. The molecule has 1 saturated carbocycles.